The van der Waals surface area contributed by atoms with Gasteiger partial charge in [-0.1, -0.05) is 41.5 Å². The number of hydrogen-bond donors (Lipinski definition) is 1. The molecule has 2 aromatic carbocycles. The van der Waals surface area contributed by atoms with Crippen molar-refractivity contribution >= 4 is 46.1 Å². The van der Waals surface area contributed by atoms with Crippen LogP contribution in [0.2, 0.25) is 10.0 Å². The van der Waals surface area contributed by atoms with Crippen LogP contribution in [-0.2, 0) is 13.0 Å². The van der Waals surface area contributed by atoms with Gasteiger partial charge in [0.2, 0.25) is 0 Å². The van der Waals surface area contributed by atoms with E-state index in [1.807, 2.05) is 36.4 Å². The number of hydrogen-bond acceptors (Lipinski definition) is 2. The van der Waals surface area contributed by atoms with Gasteiger partial charge in [0.15, 0.2) is 0 Å². The third-order valence-electron chi connectivity index (χ3n) is 3.42. The van der Waals surface area contributed by atoms with Crippen LogP contribution in [0.5, 0.6) is 5.75 Å². The second kappa shape index (κ2) is 6.22. The van der Waals surface area contributed by atoms with Crippen molar-refractivity contribution < 1.29 is 4.74 Å². The summed E-state index contributed by atoms with van der Waals surface area (Å²) < 4.78 is 5.82. The van der Waals surface area contributed by atoms with Crippen molar-refractivity contribution in [1.29, 1.82) is 0 Å². The molecule has 2 nitrogen and oxygen atoms in total. The number of anilines is 1. The van der Waals surface area contributed by atoms with Crippen LogP contribution in [0.25, 0.3) is 0 Å². The van der Waals surface area contributed by atoms with Gasteiger partial charge in [-0.25, -0.2) is 0 Å². The van der Waals surface area contributed by atoms with Crippen molar-refractivity contribution in [2.75, 3.05) is 5.32 Å². The smallest absolute Gasteiger partial charge is 0.120 e. The van der Waals surface area contributed by atoms with E-state index < -0.39 is 0 Å². The van der Waals surface area contributed by atoms with Gasteiger partial charge < -0.3 is 10.1 Å². The molecule has 0 bridgehead atoms. The molecule has 1 N–H and O–H groups in total. The molecule has 0 aromatic heterocycles. The summed E-state index contributed by atoms with van der Waals surface area (Å²) >= 11 is 17.5. The quantitative estimate of drug-likeness (QED) is 0.772. The Morgan fingerprint density at radius 2 is 1.86 bits per heavy atom. The van der Waals surface area contributed by atoms with E-state index in [1.165, 1.54) is 5.56 Å². The summed E-state index contributed by atoms with van der Waals surface area (Å²) in [6.45, 7) is 0.350. The molecule has 1 aliphatic heterocycles. The Balaban J connectivity index is 1.76. The lowest BCUT2D eigenvalue weighted by Gasteiger charge is -2.19. The van der Waals surface area contributed by atoms with Crippen LogP contribution in [0.3, 0.4) is 0 Å². The summed E-state index contributed by atoms with van der Waals surface area (Å²) in [5.41, 5.74) is 3.08. The van der Waals surface area contributed by atoms with Gasteiger partial charge in [0.05, 0.1) is 4.99 Å². The van der Waals surface area contributed by atoms with Crippen molar-refractivity contribution in [3.05, 3.63) is 57.6 Å². The van der Waals surface area contributed by atoms with E-state index in [0.29, 0.717) is 16.7 Å². The van der Waals surface area contributed by atoms with E-state index >= 15 is 0 Å². The van der Waals surface area contributed by atoms with Crippen molar-refractivity contribution in [3.63, 3.8) is 0 Å². The highest BCUT2D eigenvalue weighted by atomic mass is 35.5. The maximum absolute atomic E-state index is 6.14. The van der Waals surface area contributed by atoms with E-state index in [9.17, 15) is 0 Å². The van der Waals surface area contributed by atoms with Crippen molar-refractivity contribution in [1.82, 2.24) is 0 Å². The Bertz CT molecular complexity index is 682. The van der Waals surface area contributed by atoms with Crippen molar-refractivity contribution in [3.8, 4) is 5.75 Å². The number of benzene rings is 2. The second-order valence-electron chi connectivity index (χ2n) is 4.86. The first-order valence-electron chi connectivity index (χ1n) is 6.62. The highest BCUT2D eigenvalue weighted by Crippen LogP contribution is 2.29. The molecule has 0 spiro atoms. The fourth-order valence-electron chi connectivity index (χ4n) is 2.28. The summed E-state index contributed by atoms with van der Waals surface area (Å²) in [7, 11) is 0. The average molecular weight is 338 g/mol. The Kier molecular flexibility index (Phi) is 4.34. The molecule has 5 heteroatoms. The van der Waals surface area contributed by atoms with E-state index in [2.05, 4.69) is 5.32 Å². The average Bonchev–Trinajstić information content (AvgIpc) is 2.47. The lowest BCUT2D eigenvalue weighted by molar-refractivity contribution is 0.306. The SMILES string of the molecule is S=C1CCc2cc(OCc3c(Cl)cccc3Cl)ccc2N1. The minimum absolute atomic E-state index is 0.350. The van der Waals surface area contributed by atoms with Gasteiger partial charge in [-0.05, 0) is 42.3 Å². The fourth-order valence-corrected chi connectivity index (χ4v) is 2.99. The summed E-state index contributed by atoms with van der Waals surface area (Å²) in [5, 5.41) is 4.45. The Hall–Kier alpha value is -1.29. The molecule has 0 amide bonds. The first kappa shape index (κ1) is 14.6. The second-order valence-corrected chi connectivity index (χ2v) is 6.16. The molecule has 0 saturated carbocycles. The number of rotatable bonds is 3. The normalized spacial score (nSPS) is 13.5. The van der Waals surface area contributed by atoms with Gasteiger partial charge in [0.1, 0.15) is 12.4 Å². The molecule has 0 fully saturated rings. The summed E-state index contributed by atoms with van der Waals surface area (Å²) in [6, 6.07) is 11.4. The number of nitrogens with one attached hydrogen (secondary N) is 1. The number of halogens is 2. The lowest BCUT2D eigenvalue weighted by Crippen LogP contribution is -2.17. The number of ether oxygens (including phenoxy) is 1. The predicted molar refractivity (Wildman–Crippen MR) is 91.8 cm³/mol. The Labute approximate surface area is 139 Å². The molecule has 0 aliphatic carbocycles. The van der Waals surface area contributed by atoms with E-state index in [-0.39, 0.29) is 0 Å². The molecular formula is C16H13Cl2NOS. The standard InChI is InChI=1S/C16H13Cl2NOS/c17-13-2-1-3-14(18)12(13)9-20-11-5-6-15-10(8-11)4-7-16(21)19-15/h1-3,5-6,8H,4,7,9H2,(H,19,21). The van der Waals surface area contributed by atoms with Crippen LogP contribution in [0.1, 0.15) is 17.5 Å². The maximum atomic E-state index is 6.14. The molecule has 0 unspecified atom stereocenters. The van der Waals surface area contributed by atoms with Gasteiger partial charge in [0.25, 0.3) is 0 Å². The van der Waals surface area contributed by atoms with Gasteiger partial charge >= 0.3 is 0 Å². The minimum atomic E-state index is 0.350. The summed E-state index contributed by atoms with van der Waals surface area (Å²) in [5.74, 6) is 0.805. The van der Waals surface area contributed by atoms with E-state index in [0.717, 1.165) is 34.8 Å². The van der Waals surface area contributed by atoms with Gasteiger partial charge in [0, 0.05) is 27.7 Å². The van der Waals surface area contributed by atoms with Crippen LogP contribution in [0.4, 0.5) is 5.69 Å². The van der Waals surface area contributed by atoms with Crippen LogP contribution < -0.4 is 10.1 Å². The molecule has 108 valence electrons. The third kappa shape index (κ3) is 3.31. The van der Waals surface area contributed by atoms with Gasteiger partial charge in [-0.2, -0.15) is 0 Å². The first-order valence-corrected chi connectivity index (χ1v) is 7.78. The highest BCUT2D eigenvalue weighted by molar-refractivity contribution is 7.80. The Morgan fingerprint density at radius 1 is 1.10 bits per heavy atom. The zero-order valence-corrected chi connectivity index (χ0v) is 13.5. The van der Waals surface area contributed by atoms with Crippen LogP contribution in [-0.4, -0.2) is 4.99 Å². The lowest BCUT2D eigenvalue weighted by atomic mass is 10.0. The van der Waals surface area contributed by atoms with Crippen LogP contribution in [0, 0.1) is 0 Å². The molecule has 3 rings (SSSR count). The fraction of sp³-hybridized carbons (Fsp3) is 0.188. The van der Waals surface area contributed by atoms with Gasteiger partial charge in [-0.15, -0.1) is 0 Å². The van der Waals surface area contributed by atoms with Crippen molar-refractivity contribution in [2.24, 2.45) is 0 Å². The molecule has 21 heavy (non-hydrogen) atoms. The number of fused-ring (bicyclic) bond motifs is 1. The zero-order chi connectivity index (χ0) is 14.8. The number of thiocarbonyl (C=S) groups is 1. The van der Waals surface area contributed by atoms with Crippen LogP contribution in [0.15, 0.2) is 36.4 Å². The maximum Gasteiger partial charge on any atom is 0.120 e. The number of aryl methyl sites for hydroxylation is 1. The molecule has 0 saturated heterocycles. The zero-order valence-electron chi connectivity index (χ0n) is 11.2. The molecule has 1 heterocycles. The molecular weight excluding hydrogens is 325 g/mol. The minimum Gasteiger partial charge on any atom is -0.489 e. The predicted octanol–water partition coefficient (Wildman–Crippen LogP) is 5.26. The third-order valence-corrected chi connectivity index (χ3v) is 4.43. The van der Waals surface area contributed by atoms with Crippen LogP contribution >= 0.6 is 35.4 Å². The Morgan fingerprint density at radius 3 is 2.62 bits per heavy atom. The van der Waals surface area contributed by atoms with E-state index in [1.54, 1.807) is 0 Å². The first-order chi connectivity index (χ1) is 10.1. The molecule has 2 aromatic rings. The van der Waals surface area contributed by atoms with Gasteiger partial charge in [-0.3, -0.25) is 0 Å². The molecule has 1 aliphatic rings. The molecule has 0 atom stereocenters. The summed E-state index contributed by atoms with van der Waals surface area (Å²) in [4.78, 5) is 0.888. The summed E-state index contributed by atoms with van der Waals surface area (Å²) in [6.07, 6.45) is 1.81. The van der Waals surface area contributed by atoms with Crippen molar-refractivity contribution in [2.45, 2.75) is 19.4 Å². The topological polar surface area (TPSA) is 21.3 Å². The molecule has 0 radical (unpaired) electrons. The van der Waals surface area contributed by atoms with E-state index in [4.69, 9.17) is 40.2 Å². The highest BCUT2D eigenvalue weighted by Gasteiger charge is 2.13. The largest absolute Gasteiger partial charge is 0.489 e. The monoisotopic (exact) mass is 337 g/mol.